The van der Waals surface area contributed by atoms with Crippen molar-refractivity contribution in [3.63, 3.8) is 0 Å². The summed E-state index contributed by atoms with van der Waals surface area (Å²) in [7, 11) is 1.84. The molecule has 0 radical (unpaired) electrons. The van der Waals surface area contributed by atoms with Gasteiger partial charge in [-0.2, -0.15) is 0 Å². The average Bonchev–Trinajstić information content (AvgIpc) is 3.42. The van der Waals surface area contributed by atoms with Gasteiger partial charge in [-0.3, -0.25) is 4.99 Å². The number of guanidine groups is 1. The number of rotatable bonds is 5. The number of aliphatic imine (C=N–C) groups is 1. The van der Waals surface area contributed by atoms with Crippen LogP contribution in [0.3, 0.4) is 0 Å². The van der Waals surface area contributed by atoms with Crippen molar-refractivity contribution >= 4 is 33.5 Å². The highest BCUT2D eigenvalue weighted by atomic mass is 79.9. The highest BCUT2D eigenvalue weighted by molar-refractivity contribution is 9.10. The largest absolute Gasteiger partial charge is 0.356 e. The number of halogens is 2. The molecule has 2 N–H and O–H groups in total. The fraction of sp³-hybridized carbons (Fsp3) is 0.611. The van der Waals surface area contributed by atoms with Gasteiger partial charge in [0.05, 0.1) is 0 Å². The lowest BCUT2D eigenvalue weighted by Crippen LogP contribution is -2.49. The molecule has 2 fully saturated rings. The fourth-order valence-corrected chi connectivity index (χ4v) is 3.93. The van der Waals surface area contributed by atoms with E-state index in [2.05, 4.69) is 36.5 Å². The van der Waals surface area contributed by atoms with Gasteiger partial charge in [0.1, 0.15) is 0 Å². The van der Waals surface area contributed by atoms with E-state index in [0.29, 0.717) is 6.04 Å². The van der Waals surface area contributed by atoms with Crippen LogP contribution in [0.25, 0.3) is 0 Å². The lowest BCUT2D eigenvalue weighted by atomic mass is 10.1. The number of benzene rings is 1. The average molecular weight is 414 g/mol. The SMILES string of the molecule is CN=C(NCCc1cc(Cl)ccc1Br)NC1CCN(C2CC2)CC1. The van der Waals surface area contributed by atoms with Crippen molar-refractivity contribution < 1.29 is 0 Å². The van der Waals surface area contributed by atoms with Crippen LogP contribution in [0.1, 0.15) is 31.2 Å². The molecule has 4 nitrogen and oxygen atoms in total. The molecule has 1 saturated heterocycles. The highest BCUT2D eigenvalue weighted by Crippen LogP contribution is 2.29. The number of hydrogen-bond acceptors (Lipinski definition) is 2. The van der Waals surface area contributed by atoms with Crippen LogP contribution in [0.15, 0.2) is 27.7 Å². The molecule has 6 heteroatoms. The molecule has 1 saturated carbocycles. The van der Waals surface area contributed by atoms with Crippen LogP contribution in [0.5, 0.6) is 0 Å². The Balaban J connectivity index is 1.41. The van der Waals surface area contributed by atoms with E-state index in [1.165, 1.54) is 44.3 Å². The van der Waals surface area contributed by atoms with Crippen molar-refractivity contribution in [3.05, 3.63) is 33.3 Å². The van der Waals surface area contributed by atoms with E-state index in [-0.39, 0.29) is 0 Å². The molecule has 132 valence electrons. The van der Waals surface area contributed by atoms with E-state index in [9.17, 15) is 0 Å². The third kappa shape index (κ3) is 5.11. The van der Waals surface area contributed by atoms with E-state index in [4.69, 9.17) is 11.6 Å². The maximum atomic E-state index is 6.07. The number of nitrogens with one attached hydrogen (secondary N) is 2. The lowest BCUT2D eigenvalue weighted by Gasteiger charge is -2.33. The topological polar surface area (TPSA) is 39.7 Å². The molecule has 0 bridgehead atoms. The van der Waals surface area contributed by atoms with Crippen molar-refractivity contribution in [1.29, 1.82) is 0 Å². The zero-order valence-electron chi connectivity index (χ0n) is 14.2. The Morgan fingerprint density at radius 2 is 2.04 bits per heavy atom. The molecule has 3 rings (SSSR count). The molecule has 0 spiro atoms. The second-order valence-corrected chi connectivity index (χ2v) is 7.96. The van der Waals surface area contributed by atoms with Crippen LogP contribution >= 0.6 is 27.5 Å². The van der Waals surface area contributed by atoms with Gasteiger partial charge in [0.15, 0.2) is 5.96 Å². The molecule has 1 aromatic rings. The highest BCUT2D eigenvalue weighted by Gasteiger charge is 2.31. The molecule has 1 heterocycles. The number of likely N-dealkylation sites (tertiary alicyclic amines) is 1. The normalized spacial score (nSPS) is 20.2. The van der Waals surface area contributed by atoms with Gasteiger partial charge < -0.3 is 15.5 Å². The molecule has 1 aromatic carbocycles. The van der Waals surface area contributed by atoms with Crippen molar-refractivity contribution in [2.45, 2.75) is 44.2 Å². The summed E-state index contributed by atoms with van der Waals surface area (Å²) in [5.74, 6) is 0.901. The third-order valence-electron chi connectivity index (χ3n) is 4.85. The Kier molecular flexibility index (Phi) is 6.42. The van der Waals surface area contributed by atoms with Crippen LogP contribution in [-0.4, -0.2) is 49.6 Å². The molecule has 1 aliphatic carbocycles. The standard InChI is InChI=1S/C18H26BrClN4/c1-21-18(22-9-6-13-12-14(20)2-5-17(13)19)23-15-7-10-24(11-8-15)16-3-4-16/h2,5,12,15-16H,3-4,6-11H2,1H3,(H2,21,22,23). The van der Waals surface area contributed by atoms with Gasteiger partial charge in [0.2, 0.25) is 0 Å². The van der Waals surface area contributed by atoms with Crippen molar-refractivity contribution in [3.8, 4) is 0 Å². The van der Waals surface area contributed by atoms with E-state index in [1.807, 2.05) is 25.2 Å². The maximum absolute atomic E-state index is 6.07. The monoisotopic (exact) mass is 412 g/mol. The summed E-state index contributed by atoms with van der Waals surface area (Å²) in [6.07, 6.45) is 6.12. The summed E-state index contributed by atoms with van der Waals surface area (Å²) in [4.78, 5) is 7.01. The maximum Gasteiger partial charge on any atom is 0.191 e. The number of hydrogen-bond donors (Lipinski definition) is 2. The zero-order chi connectivity index (χ0) is 16.9. The first-order valence-electron chi connectivity index (χ1n) is 8.81. The summed E-state index contributed by atoms with van der Waals surface area (Å²) in [5, 5.41) is 7.77. The molecule has 2 aliphatic rings. The van der Waals surface area contributed by atoms with Crippen LogP contribution in [0, 0.1) is 0 Å². The number of nitrogens with zero attached hydrogens (tertiary/aromatic N) is 2. The van der Waals surface area contributed by atoms with Gasteiger partial charge in [-0.15, -0.1) is 0 Å². The van der Waals surface area contributed by atoms with Gasteiger partial charge in [-0.25, -0.2) is 0 Å². The smallest absolute Gasteiger partial charge is 0.191 e. The van der Waals surface area contributed by atoms with Crippen LogP contribution in [0.2, 0.25) is 5.02 Å². The first-order valence-corrected chi connectivity index (χ1v) is 9.98. The Morgan fingerprint density at radius 1 is 1.29 bits per heavy atom. The Bertz CT molecular complexity index is 580. The second-order valence-electron chi connectivity index (χ2n) is 6.67. The van der Waals surface area contributed by atoms with Crippen molar-refractivity contribution in [2.75, 3.05) is 26.7 Å². The van der Waals surface area contributed by atoms with Gasteiger partial charge in [-0.05, 0) is 55.9 Å². The van der Waals surface area contributed by atoms with Crippen LogP contribution < -0.4 is 10.6 Å². The Labute approximate surface area is 158 Å². The van der Waals surface area contributed by atoms with Crippen molar-refractivity contribution in [2.24, 2.45) is 4.99 Å². The summed E-state index contributed by atoms with van der Waals surface area (Å²) in [5.41, 5.74) is 1.21. The third-order valence-corrected chi connectivity index (χ3v) is 5.86. The lowest BCUT2D eigenvalue weighted by molar-refractivity contribution is 0.197. The number of piperidine rings is 1. The van der Waals surface area contributed by atoms with Gasteiger partial charge in [-0.1, -0.05) is 27.5 Å². The molecular weight excluding hydrogens is 388 g/mol. The van der Waals surface area contributed by atoms with Crippen LogP contribution in [-0.2, 0) is 6.42 Å². The zero-order valence-corrected chi connectivity index (χ0v) is 16.5. The minimum Gasteiger partial charge on any atom is -0.356 e. The van der Waals surface area contributed by atoms with Crippen molar-refractivity contribution in [1.82, 2.24) is 15.5 Å². The van der Waals surface area contributed by atoms with E-state index < -0.39 is 0 Å². The predicted octanol–water partition coefficient (Wildman–Crippen LogP) is 3.44. The first kappa shape index (κ1) is 18.0. The fourth-order valence-electron chi connectivity index (χ4n) is 3.29. The van der Waals surface area contributed by atoms with E-state index in [0.717, 1.165) is 34.5 Å². The molecular formula is C18H26BrClN4. The first-order chi connectivity index (χ1) is 11.7. The molecule has 0 atom stereocenters. The molecule has 1 aliphatic heterocycles. The molecule has 0 unspecified atom stereocenters. The summed E-state index contributed by atoms with van der Waals surface area (Å²) < 4.78 is 1.10. The molecule has 0 amide bonds. The van der Waals surface area contributed by atoms with Gasteiger partial charge in [0.25, 0.3) is 0 Å². The minimum absolute atomic E-state index is 0.532. The van der Waals surface area contributed by atoms with E-state index in [1.54, 1.807) is 0 Å². The molecule has 0 aromatic heterocycles. The Hall–Kier alpha value is -0.780. The van der Waals surface area contributed by atoms with Gasteiger partial charge in [0, 0.05) is 48.3 Å². The quantitative estimate of drug-likeness (QED) is 0.574. The van der Waals surface area contributed by atoms with Gasteiger partial charge >= 0.3 is 0 Å². The summed E-state index contributed by atoms with van der Waals surface area (Å²) in [6.45, 7) is 3.27. The minimum atomic E-state index is 0.532. The summed E-state index contributed by atoms with van der Waals surface area (Å²) in [6, 6.07) is 7.33. The Morgan fingerprint density at radius 3 is 2.71 bits per heavy atom. The van der Waals surface area contributed by atoms with Crippen LogP contribution in [0.4, 0.5) is 0 Å². The molecule has 24 heavy (non-hydrogen) atoms. The van der Waals surface area contributed by atoms with E-state index >= 15 is 0 Å². The predicted molar refractivity (Wildman–Crippen MR) is 105 cm³/mol. The second kappa shape index (κ2) is 8.54. The summed E-state index contributed by atoms with van der Waals surface area (Å²) >= 11 is 9.65.